The lowest BCUT2D eigenvalue weighted by Crippen LogP contribution is -2.13. The van der Waals surface area contributed by atoms with Gasteiger partial charge in [-0.25, -0.2) is 4.98 Å². The van der Waals surface area contributed by atoms with Crippen LogP contribution in [-0.2, 0) is 6.18 Å². The highest BCUT2D eigenvalue weighted by molar-refractivity contribution is 6.36. The van der Waals surface area contributed by atoms with Gasteiger partial charge in [-0.3, -0.25) is 0 Å². The number of halogens is 4. The van der Waals surface area contributed by atoms with Crippen molar-refractivity contribution in [1.29, 1.82) is 0 Å². The molecule has 0 bridgehead atoms. The minimum absolute atomic E-state index is 0.0232. The molecule has 0 aliphatic heterocycles. The SMILES string of the molecule is Cc1ccc(Cl)c2c(OCCC(C)(C)C)cc(C(F)(F)F)nc12. The van der Waals surface area contributed by atoms with Crippen molar-refractivity contribution in [2.24, 2.45) is 5.41 Å². The van der Waals surface area contributed by atoms with Crippen molar-refractivity contribution in [2.45, 2.75) is 40.3 Å². The Bertz CT molecular complexity index is 720. The fraction of sp³-hybridized carbons (Fsp3) is 0.471. The summed E-state index contributed by atoms with van der Waals surface area (Å²) in [6, 6.07) is 4.22. The van der Waals surface area contributed by atoms with Crippen LogP contribution in [0.15, 0.2) is 18.2 Å². The van der Waals surface area contributed by atoms with Crippen LogP contribution in [0.4, 0.5) is 13.2 Å². The maximum absolute atomic E-state index is 13.1. The average molecular weight is 346 g/mol. The van der Waals surface area contributed by atoms with Crippen molar-refractivity contribution in [3.8, 4) is 5.75 Å². The summed E-state index contributed by atoms with van der Waals surface area (Å²) in [5.74, 6) is 0.125. The summed E-state index contributed by atoms with van der Waals surface area (Å²) in [6.45, 7) is 8.13. The van der Waals surface area contributed by atoms with E-state index in [0.29, 0.717) is 29.0 Å². The molecule has 0 amide bonds. The van der Waals surface area contributed by atoms with Crippen LogP contribution in [0, 0.1) is 12.3 Å². The van der Waals surface area contributed by atoms with E-state index < -0.39 is 11.9 Å². The van der Waals surface area contributed by atoms with Gasteiger partial charge in [0, 0.05) is 6.07 Å². The summed E-state index contributed by atoms with van der Waals surface area (Å²) in [4.78, 5) is 3.73. The molecule has 0 fully saturated rings. The first-order chi connectivity index (χ1) is 10.5. The number of pyridine rings is 1. The fourth-order valence-electron chi connectivity index (χ4n) is 2.12. The maximum atomic E-state index is 13.1. The number of alkyl halides is 3. The molecule has 0 aliphatic carbocycles. The standard InChI is InChI=1S/C17H19ClF3NO/c1-10-5-6-11(18)14-12(23-8-7-16(2,3)4)9-13(17(19,20)21)22-15(10)14/h5-6,9H,7-8H2,1-4H3. The second-order valence-electron chi connectivity index (χ2n) is 6.75. The van der Waals surface area contributed by atoms with E-state index in [4.69, 9.17) is 16.3 Å². The zero-order valence-electron chi connectivity index (χ0n) is 13.5. The molecule has 0 saturated heterocycles. The van der Waals surface area contributed by atoms with E-state index in [0.717, 1.165) is 6.07 Å². The molecule has 0 spiro atoms. The van der Waals surface area contributed by atoms with Gasteiger partial charge in [0.25, 0.3) is 0 Å². The van der Waals surface area contributed by atoms with E-state index in [2.05, 4.69) is 4.98 Å². The van der Waals surface area contributed by atoms with Gasteiger partial charge in [0.1, 0.15) is 11.4 Å². The third-order valence-corrected chi connectivity index (χ3v) is 3.79. The molecule has 1 aromatic carbocycles. The van der Waals surface area contributed by atoms with E-state index >= 15 is 0 Å². The van der Waals surface area contributed by atoms with Crippen LogP contribution >= 0.6 is 11.6 Å². The van der Waals surface area contributed by atoms with Crippen LogP contribution in [-0.4, -0.2) is 11.6 Å². The number of ether oxygens (including phenoxy) is 1. The number of nitrogens with zero attached hydrogens (tertiary/aromatic N) is 1. The minimum atomic E-state index is -4.54. The largest absolute Gasteiger partial charge is 0.493 e. The van der Waals surface area contributed by atoms with Gasteiger partial charge in [-0.2, -0.15) is 13.2 Å². The Kier molecular flexibility index (Phi) is 4.81. The van der Waals surface area contributed by atoms with E-state index in [9.17, 15) is 13.2 Å². The molecular formula is C17H19ClF3NO. The molecule has 23 heavy (non-hydrogen) atoms. The Labute approximate surface area is 138 Å². The number of rotatable bonds is 3. The summed E-state index contributed by atoms with van der Waals surface area (Å²) >= 11 is 6.17. The van der Waals surface area contributed by atoms with Crippen molar-refractivity contribution < 1.29 is 17.9 Å². The number of hydrogen-bond acceptors (Lipinski definition) is 2. The van der Waals surface area contributed by atoms with Crippen molar-refractivity contribution in [3.63, 3.8) is 0 Å². The molecule has 2 rings (SSSR count). The smallest absolute Gasteiger partial charge is 0.433 e. The second-order valence-corrected chi connectivity index (χ2v) is 7.16. The van der Waals surface area contributed by atoms with Crippen LogP contribution in [0.2, 0.25) is 5.02 Å². The van der Waals surface area contributed by atoms with Gasteiger partial charge >= 0.3 is 6.18 Å². The van der Waals surface area contributed by atoms with Gasteiger partial charge in [-0.15, -0.1) is 0 Å². The molecule has 0 atom stereocenters. The Morgan fingerprint density at radius 3 is 2.39 bits per heavy atom. The van der Waals surface area contributed by atoms with Crippen LogP contribution in [0.1, 0.15) is 38.4 Å². The monoisotopic (exact) mass is 345 g/mol. The second kappa shape index (κ2) is 6.19. The zero-order valence-corrected chi connectivity index (χ0v) is 14.3. The van der Waals surface area contributed by atoms with Crippen molar-refractivity contribution >= 4 is 22.5 Å². The number of hydrogen-bond donors (Lipinski definition) is 0. The first-order valence-corrected chi connectivity index (χ1v) is 7.67. The Hall–Kier alpha value is -1.49. The molecule has 1 heterocycles. The van der Waals surface area contributed by atoms with Gasteiger partial charge in [-0.1, -0.05) is 38.4 Å². The van der Waals surface area contributed by atoms with Gasteiger partial charge in [-0.05, 0) is 30.4 Å². The van der Waals surface area contributed by atoms with Crippen molar-refractivity contribution in [2.75, 3.05) is 6.61 Å². The Balaban J connectivity index is 2.53. The molecule has 0 saturated carbocycles. The van der Waals surface area contributed by atoms with Gasteiger partial charge in [0.05, 0.1) is 22.5 Å². The minimum Gasteiger partial charge on any atom is -0.493 e. The number of benzene rings is 1. The molecular weight excluding hydrogens is 327 g/mol. The van der Waals surface area contributed by atoms with Crippen molar-refractivity contribution in [3.05, 3.63) is 34.5 Å². The van der Waals surface area contributed by atoms with E-state index in [-0.39, 0.29) is 16.7 Å². The highest BCUT2D eigenvalue weighted by Gasteiger charge is 2.34. The number of aryl methyl sites for hydroxylation is 1. The molecule has 0 aliphatic rings. The zero-order chi connectivity index (χ0) is 17.4. The lowest BCUT2D eigenvalue weighted by molar-refractivity contribution is -0.141. The maximum Gasteiger partial charge on any atom is 0.433 e. The molecule has 1 aromatic heterocycles. The average Bonchev–Trinajstić information content (AvgIpc) is 2.40. The number of fused-ring (bicyclic) bond motifs is 1. The highest BCUT2D eigenvalue weighted by Crippen LogP contribution is 2.38. The molecule has 6 heteroatoms. The summed E-state index contributed by atoms with van der Waals surface area (Å²) in [6.07, 6.45) is -3.83. The first-order valence-electron chi connectivity index (χ1n) is 7.29. The molecule has 0 N–H and O–H groups in total. The molecule has 2 aromatic rings. The first kappa shape index (κ1) is 17.9. The Morgan fingerprint density at radius 1 is 1.17 bits per heavy atom. The summed E-state index contributed by atoms with van der Waals surface area (Å²) in [5, 5.41) is 0.756. The molecule has 0 unspecified atom stereocenters. The van der Waals surface area contributed by atoms with Gasteiger partial charge in [0.15, 0.2) is 0 Å². The summed E-state index contributed by atoms with van der Waals surface area (Å²) < 4.78 is 44.9. The molecule has 0 radical (unpaired) electrons. The van der Waals surface area contributed by atoms with Gasteiger partial charge < -0.3 is 4.74 Å². The molecule has 2 nitrogen and oxygen atoms in total. The van der Waals surface area contributed by atoms with Crippen molar-refractivity contribution in [1.82, 2.24) is 4.98 Å². The highest BCUT2D eigenvalue weighted by atomic mass is 35.5. The predicted octanol–water partition coefficient (Wildman–Crippen LogP) is 6.03. The summed E-state index contributed by atoms with van der Waals surface area (Å²) in [7, 11) is 0. The lowest BCUT2D eigenvalue weighted by atomic mass is 9.93. The predicted molar refractivity (Wildman–Crippen MR) is 86.1 cm³/mol. The summed E-state index contributed by atoms with van der Waals surface area (Å²) in [5.41, 5.74) is -0.106. The van der Waals surface area contributed by atoms with Crippen LogP contribution in [0.25, 0.3) is 10.9 Å². The lowest BCUT2D eigenvalue weighted by Gasteiger charge is -2.19. The Morgan fingerprint density at radius 2 is 1.83 bits per heavy atom. The quantitative estimate of drug-likeness (QED) is 0.677. The van der Waals surface area contributed by atoms with Crippen LogP contribution in [0.3, 0.4) is 0 Å². The van der Waals surface area contributed by atoms with E-state index in [1.165, 1.54) is 0 Å². The molecule has 126 valence electrons. The van der Waals surface area contributed by atoms with E-state index in [1.54, 1.807) is 19.1 Å². The topological polar surface area (TPSA) is 22.1 Å². The fourth-order valence-corrected chi connectivity index (χ4v) is 2.37. The van der Waals surface area contributed by atoms with Crippen LogP contribution in [0.5, 0.6) is 5.75 Å². The number of aromatic nitrogens is 1. The van der Waals surface area contributed by atoms with Crippen LogP contribution < -0.4 is 4.74 Å². The normalized spacial score (nSPS) is 12.7. The van der Waals surface area contributed by atoms with Gasteiger partial charge in [0.2, 0.25) is 0 Å². The third-order valence-electron chi connectivity index (χ3n) is 3.48. The van der Waals surface area contributed by atoms with E-state index in [1.807, 2.05) is 20.8 Å². The third kappa shape index (κ3) is 4.28.